The lowest BCUT2D eigenvalue weighted by Gasteiger charge is -2.11. The number of nitrogens with zero attached hydrogens (tertiary/aromatic N) is 3. The molecular formula is C13H13N5O5. The molecule has 0 amide bonds. The molecule has 0 aliphatic rings. The molecule has 120 valence electrons. The zero-order valence-corrected chi connectivity index (χ0v) is 12.3. The Bertz CT molecular complexity index is 817. The molecule has 0 aliphatic heterocycles. The molecule has 1 aromatic heterocycles. The maximum absolute atomic E-state index is 11.9. The number of hydrazine groups is 1. The first-order chi connectivity index (χ1) is 10.9. The Morgan fingerprint density at radius 1 is 1.17 bits per heavy atom. The molecule has 23 heavy (non-hydrogen) atoms. The smallest absolute Gasteiger partial charge is 0.356 e. The lowest BCUT2D eigenvalue weighted by atomic mass is 10.2. The highest BCUT2D eigenvalue weighted by Gasteiger charge is 2.13. The normalized spacial score (nSPS) is 10.0. The van der Waals surface area contributed by atoms with Crippen molar-refractivity contribution in [3.63, 3.8) is 0 Å². The molecule has 0 spiro atoms. The van der Waals surface area contributed by atoms with Gasteiger partial charge in [-0.3, -0.25) is 19.6 Å². The van der Waals surface area contributed by atoms with E-state index in [4.69, 9.17) is 15.3 Å². The summed E-state index contributed by atoms with van der Waals surface area (Å²) in [5.41, 5.74) is 1.81. The van der Waals surface area contributed by atoms with Crippen LogP contribution < -0.4 is 26.4 Å². The van der Waals surface area contributed by atoms with Crippen molar-refractivity contribution < 1.29 is 19.1 Å². The molecule has 1 aromatic carbocycles. The van der Waals surface area contributed by atoms with Gasteiger partial charge in [0.2, 0.25) is 5.95 Å². The van der Waals surface area contributed by atoms with Crippen LogP contribution in [0.1, 0.15) is 13.8 Å². The van der Waals surface area contributed by atoms with Gasteiger partial charge in [0, 0.05) is 19.9 Å². The molecule has 0 saturated carbocycles. The van der Waals surface area contributed by atoms with E-state index in [-0.39, 0.29) is 17.4 Å². The van der Waals surface area contributed by atoms with Crippen LogP contribution in [0.25, 0.3) is 5.69 Å². The van der Waals surface area contributed by atoms with Crippen LogP contribution in [0.5, 0.6) is 11.5 Å². The van der Waals surface area contributed by atoms with E-state index in [9.17, 15) is 14.4 Å². The van der Waals surface area contributed by atoms with Crippen molar-refractivity contribution in [1.29, 1.82) is 0 Å². The van der Waals surface area contributed by atoms with Crippen molar-refractivity contribution in [2.24, 2.45) is 5.84 Å². The number of carbonyl (C=O) groups is 2. The van der Waals surface area contributed by atoms with Crippen LogP contribution in [-0.4, -0.2) is 26.5 Å². The number of nitrogens with two attached hydrogens (primary N) is 1. The molecule has 0 fully saturated rings. The van der Waals surface area contributed by atoms with Gasteiger partial charge < -0.3 is 9.47 Å². The predicted molar refractivity (Wildman–Crippen MR) is 78.1 cm³/mol. The number of esters is 2. The molecule has 0 bridgehead atoms. The van der Waals surface area contributed by atoms with E-state index in [0.29, 0.717) is 5.69 Å². The van der Waals surface area contributed by atoms with E-state index in [1.165, 1.54) is 38.4 Å². The second kappa shape index (κ2) is 6.66. The van der Waals surface area contributed by atoms with Crippen LogP contribution >= 0.6 is 0 Å². The summed E-state index contributed by atoms with van der Waals surface area (Å²) in [6.07, 6.45) is 1.20. The standard InChI is InChI=1S/C13H13N5O5/c1-7(19)22-10-4-3-9(5-11(10)23-8(2)20)18-6-15-12(17-14)16-13(18)21/h3-6H,14H2,1-2H3,(H,16,17,21). The fourth-order valence-electron chi connectivity index (χ4n) is 1.70. The third-order valence-corrected chi connectivity index (χ3v) is 2.55. The number of hydrogen-bond acceptors (Lipinski definition) is 9. The summed E-state index contributed by atoms with van der Waals surface area (Å²) in [4.78, 5) is 41.6. The first-order valence-electron chi connectivity index (χ1n) is 6.34. The number of ether oxygens (including phenoxy) is 2. The SMILES string of the molecule is CC(=O)Oc1ccc(-n2cnc(NN)nc2=O)cc1OC(C)=O. The largest absolute Gasteiger partial charge is 0.423 e. The number of rotatable bonds is 4. The first kappa shape index (κ1) is 16.1. The predicted octanol–water partition coefficient (Wildman–Crippen LogP) is -0.236. The van der Waals surface area contributed by atoms with Crippen LogP contribution in [0.4, 0.5) is 5.95 Å². The minimum atomic E-state index is -0.651. The molecule has 0 radical (unpaired) electrons. The van der Waals surface area contributed by atoms with Crippen LogP contribution in [0.2, 0.25) is 0 Å². The van der Waals surface area contributed by atoms with E-state index in [1.54, 1.807) is 0 Å². The van der Waals surface area contributed by atoms with Crippen LogP contribution in [0.15, 0.2) is 29.3 Å². The average Bonchev–Trinajstić information content (AvgIpc) is 2.48. The minimum Gasteiger partial charge on any atom is -0.423 e. The second-order valence-electron chi connectivity index (χ2n) is 4.30. The lowest BCUT2D eigenvalue weighted by molar-refractivity contribution is -0.134. The van der Waals surface area contributed by atoms with Crippen molar-refractivity contribution >= 4 is 17.9 Å². The number of nitrogens with one attached hydrogen (secondary N) is 1. The Labute approximate surface area is 129 Å². The van der Waals surface area contributed by atoms with Gasteiger partial charge in [-0.1, -0.05) is 0 Å². The van der Waals surface area contributed by atoms with Crippen LogP contribution in [0, 0.1) is 0 Å². The quantitative estimate of drug-likeness (QED) is 0.338. The summed E-state index contributed by atoms with van der Waals surface area (Å²) >= 11 is 0. The highest BCUT2D eigenvalue weighted by Crippen LogP contribution is 2.29. The molecule has 3 N–H and O–H groups in total. The summed E-state index contributed by atoms with van der Waals surface area (Å²) in [5.74, 6) is 3.93. The van der Waals surface area contributed by atoms with Crippen molar-refractivity contribution in [1.82, 2.24) is 14.5 Å². The zero-order valence-electron chi connectivity index (χ0n) is 12.3. The topological polar surface area (TPSA) is 138 Å². The second-order valence-corrected chi connectivity index (χ2v) is 4.30. The fourth-order valence-corrected chi connectivity index (χ4v) is 1.70. The van der Waals surface area contributed by atoms with Gasteiger partial charge in [-0.15, -0.1) is 0 Å². The van der Waals surface area contributed by atoms with Crippen LogP contribution in [0.3, 0.4) is 0 Å². The van der Waals surface area contributed by atoms with E-state index in [2.05, 4.69) is 15.4 Å². The van der Waals surface area contributed by atoms with E-state index in [1.807, 2.05) is 0 Å². The number of anilines is 1. The number of carbonyl (C=O) groups excluding carboxylic acids is 2. The molecule has 0 atom stereocenters. The first-order valence-corrected chi connectivity index (χ1v) is 6.34. The highest BCUT2D eigenvalue weighted by atomic mass is 16.6. The van der Waals surface area contributed by atoms with E-state index in [0.717, 1.165) is 4.57 Å². The molecule has 2 aromatic rings. The Morgan fingerprint density at radius 3 is 2.39 bits per heavy atom. The van der Waals surface area contributed by atoms with Gasteiger partial charge in [0.25, 0.3) is 0 Å². The van der Waals surface area contributed by atoms with Crippen molar-refractivity contribution in [3.8, 4) is 17.2 Å². The summed E-state index contributed by atoms with van der Waals surface area (Å²) in [6.45, 7) is 2.41. The van der Waals surface area contributed by atoms with E-state index < -0.39 is 17.6 Å². The highest BCUT2D eigenvalue weighted by molar-refractivity contribution is 5.74. The Morgan fingerprint density at radius 2 is 1.83 bits per heavy atom. The summed E-state index contributed by atoms with van der Waals surface area (Å²) in [7, 11) is 0. The third kappa shape index (κ3) is 3.89. The molecule has 2 rings (SSSR count). The molecule has 0 aliphatic carbocycles. The summed E-state index contributed by atoms with van der Waals surface area (Å²) in [5, 5.41) is 0. The van der Waals surface area contributed by atoms with Crippen molar-refractivity contribution in [2.75, 3.05) is 5.43 Å². The lowest BCUT2D eigenvalue weighted by Crippen LogP contribution is -2.25. The van der Waals surface area contributed by atoms with Gasteiger partial charge in [0.1, 0.15) is 6.33 Å². The summed E-state index contributed by atoms with van der Waals surface area (Å²) < 4.78 is 11.0. The molecule has 1 heterocycles. The Balaban J connectivity index is 2.49. The van der Waals surface area contributed by atoms with Crippen molar-refractivity contribution in [3.05, 3.63) is 35.0 Å². The maximum Gasteiger partial charge on any atom is 0.356 e. The van der Waals surface area contributed by atoms with Gasteiger partial charge in [-0.05, 0) is 12.1 Å². The van der Waals surface area contributed by atoms with Gasteiger partial charge >= 0.3 is 17.6 Å². The van der Waals surface area contributed by atoms with Gasteiger partial charge in [-0.2, -0.15) is 4.98 Å². The molecule has 0 saturated heterocycles. The number of aromatic nitrogens is 3. The fraction of sp³-hybridized carbons (Fsp3) is 0.154. The molecule has 10 heteroatoms. The third-order valence-electron chi connectivity index (χ3n) is 2.55. The number of benzene rings is 1. The average molecular weight is 319 g/mol. The van der Waals surface area contributed by atoms with Gasteiger partial charge in [0.05, 0.1) is 5.69 Å². The molecule has 10 nitrogen and oxygen atoms in total. The van der Waals surface area contributed by atoms with Crippen LogP contribution in [-0.2, 0) is 9.59 Å². The number of hydrogen-bond donors (Lipinski definition) is 2. The summed E-state index contributed by atoms with van der Waals surface area (Å²) in [6, 6.07) is 4.21. The zero-order chi connectivity index (χ0) is 17.0. The monoisotopic (exact) mass is 319 g/mol. The minimum absolute atomic E-state index is 0.0156. The Kier molecular flexibility index (Phi) is 4.66. The van der Waals surface area contributed by atoms with Gasteiger partial charge in [0.15, 0.2) is 11.5 Å². The van der Waals surface area contributed by atoms with Crippen molar-refractivity contribution in [2.45, 2.75) is 13.8 Å². The maximum atomic E-state index is 11.9. The molecular weight excluding hydrogens is 306 g/mol. The number of nitrogen functional groups attached to an aromatic ring is 1. The van der Waals surface area contributed by atoms with E-state index >= 15 is 0 Å². The van der Waals surface area contributed by atoms with Gasteiger partial charge in [-0.25, -0.2) is 15.6 Å². The Hall–Kier alpha value is -3.27. The molecule has 0 unspecified atom stereocenters.